The van der Waals surface area contributed by atoms with Crippen molar-refractivity contribution in [3.63, 3.8) is 0 Å². The summed E-state index contributed by atoms with van der Waals surface area (Å²) in [6.07, 6.45) is 4.56. The molecule has 2 aromatic rings. The Balaban J connectivity index is 0.00000100. The molecule has 2 heterocycles. The van der Waals surface area contributed by atoms with E-state index in [0.717, 1.165) is 35.5 Å². The fraction of sp³-hybridized carbons (Fsp3) is 0.350. The van der Waals surface area contributed by atoms with Gasteiger partial charge in [0.1, 0.15) is 5.75 Å². The first-order chi connectivity index (χ1) is 11.7. The van der Waals surface area contributed by atoms with Crippen molar-refractivity contribution >= 4 is 12.0 Å². The van der Waals surface area contributed by atoms with E-state index in [1.807, 2.05) is 33.0 Å². The molecule has 0 bridgehead atoms. The van der Waals surface area contributed by atoms with Gasteiger partial charge in [-0.25, -0.2) is 4.79 Å². The van der Waals surface area contributed by atoms with Crippen molar-refractivity contribution in [3.8, 4) is 17.0 Å². The maximum atomic E-state index is 11.9. The van der Waals surface area contributed by atoms with Crippen LogP contribution in [0.5, 0.6) is 5.75 Å². The van der Waals surface area contributed by atoms with Gasteiger partial charge >= 0.3 is 5.97 Å². The lowest BCUT2D eigenvalue weighted by atomic mass is 9.95. The van der Waals surface area contributed by atoms with E-state index < -0.39 is 0 Å². The smallest absolute Gasteiger partial charge is 0.339 e. The van der Waals surface area contributed by atoms with Crippen molar-refractivity contribution in [1.82, 2.24) is 4.57 Å². The molecular formula is C20H25NO3. The summed E-state index contributed by atoms with van der Waals surface area (Å²) in [6.45, 7) is 10.9. The number of esters is 1. The molecule has 3 rings (SSSR count). The molecule has 0 radical (unpaired) electrons. The maximum absolute atomic E-state index is 11.9. The number of methoxy groups -OCH3 is 1. The van der Waals surface area contributed by atoms with Crippen molar-refractivity contribution < 1.29 is 14.3 Å². The molecule has 1 aromatic carbocycles. The third kappa shape index (κ3) is 3.23. The lowest BCUT2D eigenvalue weighted by Gasteiger charge is -2.21. The minimum atomic E-state index is -0.275. The van der Waals surface area contributed by atoms with E-state index in [9.17, 15) is 4.79 Å². The fourth-order valence-electron chi connectivity index (χ4n) is 2.91. The van der Waals surface area contributed by atoms with Gasteiger partial charge in [0, 0.05) is 29.6 Å². The zero-order chi connectivity index (χ0) is 17.7. The number of fused-ring (bicyclic) bond motifs is 3. The number of ether oxygens (including phenoxy) is 2. The predicted octanol–water partition coefficient (Wildman–Crippen LogP) is 4.57. The SMILES string of the molecule is C=Cc1cc2c(cc1OC)CCn1cc(C(=O)OCC)cc1-2.CC. The van der Waals surface area contributed by atoms with Crippen LogP contribution in [-0.2, 0) is 17.7 Å². The minimum absolute atomic E-state index is 0.275. The molecule has 4 nitrogen and oxygen atoms in total. The predicted molar refractivity (Wildman–Crippen MR) is 97.5 cm³/mol. The van der Waals surface area contributed by atoms with Crippen LogP contribution in [0.4, 0.5) is 0 Å². The van der Waals surface area contributed by atoms with E-state index in [4.69, 9.17) is 9.47 Å². The Morgan fingerprint density at radius 1 is 1.33 bits per heavy atom. The summed E-state index contributed by atoms with van der Waals surface area (Å²) < 4.78 is 12.6. The zero-order valence-electron chi connectivity index (χ0n) is 14.9. The summed E-state index contributed by atoms with van der Waals surface area (Å²) in [5, 5.41) is 0. The minimum Gasteiger partial charge on any atom is -0.496 e. The molecule has 0 spiro atoms. The average molecular weight is 327 g/mol. The standard InChI is InChI=1S/C18H19NO3.C2H6/c1-4-12-8-15-13(10-17(12)21-3)6-7-19-11-14(9-16(15)19)18(20)22-5-2;1-2/h4,8-11H,1,5-7H2,2-3H3;1-2H3. The van der Waals surface area contributed by atoms with Crippen molar-refractivity contribution in [2.24, 2.45) is 0 Å². The molecule has 1 aliphatic heterocycles. The van der Waals surface area contributed by atoms with Gasteiger partial charge in [-0.3, -0.25) is 0 Å². The number of rotatable bonds is 4. The van der Waals surface area contributed by atoms with Gasteiger partial charge in [-0.1, -0.05) is 26.5 Å². The van der Waals surface area contributed by atoms with Gasteiger partial charge in [0.25, 0.3) is 0 Å². The molecule has 0 amide bonds. The quantitative estimate of drug-likeness (QED) is 0.773. The molecule has 0 fully saturated rings. The van der Waals surface area contributed by atoms with Crippen molar-refractivity contribution in [1.29, 1.82) is 0 Å². The number of carbonyl (C=O) groups is 1. The first-order valence-corrected chi connectivity index (χ1v) is 8.39. The highest BCUT2D eigenvalue weighted by molar-refractivity contribution is 5.91. The third-order valence-corrected chi connectivity index (χ3v) is 3.98. The third-order valence-electron chi connectivity index (χ3n) is 3.98. The zero-order valence-corrected chi connectivity index (χ0v) is 14.9. The first-order valence-electron chi connectivity index (χ1n) is 8.39. The van der Waals surface area contributed by atoms with Gasteiger partial charge in [0.2, 0.25) is 0 Å². The lowest BCUT2D eigenvalue weighted by molar-refractivity contribution is 0.0526. The van der Waals surface area contributed by atoms with E-state index in [-0.39, 0.29) is 5.97 Å². The van der Waals surface area contributed by atoms with E-state index >= 15 is 0 Å². The van der Waals surface area contributed by atoms with Crippen molar-refractivity contribution in [2.75, 3.05) is 13.7 Å². The molecule has 0 saturated heterocycles. The Kier molecular flexibility index (Phi) is 5.85. The first kappa shape index (κ1) is 17.9. The number of carbonyl (C=O) groups excluding carboxylic acids is 1. The molecule has 0 N–H and O–H groups in total. The van der Waals surface area contributed by atoms with Crippen LogP contribution in [0.1, 0.15) is 42.3 Å². The highest BCUT2D eigenvalue weighted by Gasteiger charge is 2.21. The lowest BCUT2D eigenvalue weighted by Crippen LogP contribution is -2.10. The average Bonchev–Trinajstić information content (AvgIpc) is 3.07. The molecule has 0 unspecified atom stereocenters. The molecule has 0 saturated carbocycles. The Labute approximate surface area is 143 Å². The Morgan fingerprint density at radius 2 is 2.08 bits per heavy atom. The van der Waals surface area contributed by atoms with Crippen LogP contribution >= 0.6 is 0 Å². The summed E-state index contributed by atoms with van der Waals surface area (Å²) in [5.74, 6) is 0.558. The monoisotopic (exact) mass is 327 g/mol. The molecule has 128 valence electrons. The Morgan fingerprint density at radius 3 is 2.71 bits per heavy atom. The van der Waals surface area contributed by atoms with Gasteiger partial charge < -0.3 is 14.0 Å². The summed E-state index contributed by atoms with van der Waals surface area (Å²) in [7, 11) is 1.67. The van der Waals surface area contributed by atoms with E-state index in [1.54, 1.807) is 13.2 Å². The summed E-state index contributed by atoms with van der Waals surface area (Å²) in [6, 6.07) is 6.03. The van der Waals surface area contributed by atoms with Crippen LogP contribution < -0.4 is 4.74 Å². The van der Waals surface area contributed by atoms with Crippen LogP contribution in [0.2, 0.25) is 0 Å². The number of aromatic nitrogens is 1. The molecule has 4 heteroatoms. The molecule has 0 aliphatic carbocycles. The second kappa shape index (κ2) is 7.86. The number of benzene rings is 1. The van der Waals surface area contributed by atoms with Gasteiger partial charge in [0.15, 0.2) is 0 Å². The largest absolute Gasteiger partial charge is 0.496 e. The topological polar surface area (TPSA) is 40.5 Å². The van der Waals surface area contributed by atoms with Gasteiger partial charge in [-0.15, -0.1) is 0 Å². The van der Waals surface area contributed by atoms with E-state index in [2.05, 4.69) is 23.3 Å². The van der Waals surface area contributed by atoms with Crippen LogP contribution in [-0.4, -0.2) is 24.3 Å². The van der Waals surface area contributed by atoms with Crippen LogP contribution in [0.3, 0.4) is 0 Å². The maximum Gasteiger partial charge on any atom is 0.339 e. The number of hydrogen-bond acceptors (Lipinski definition) is 3. The van der Waals surface area contributed by atoms with Crippen molar-refractivity contribution in [2.45, 2.75) is 33.7 Å². The summed E-state index contributed by atoms with van der Waals surface area (Å²) in [5.41, 5.74) is 4.94. The van der Waals surface area contributed by atoms with Gasteiger partial charge in [-0.2, -0.15) is 0 Å². The van der Waals surface area contributed by atoms with Crippen molar-refractivity contribution in [3.05, 3.63) is 47.7 Å². The second-order valence-electron chi connectivity index (χ2n) is 5.23. The highest BCUT2D eigenvalue weighted by atomic mass is 16.5. The van der Waals surface area contributed by atoms with E-state index in [0.29, 0.717) is 12.2 Å². The van der Waals surface area contributed by atoms with Gasteiger partial charge in [0.05, 0.1) is 19.3 Å². The second-order valence-corrected chi connectivity index (χ2v) is 5.23. The highest BCUT2D eigenvalue weighted by Crippen LogP contribution is 2.36. The normalized spacial score (nSPS) is 11.5. The summed E-state index contributed by atoms with van der Waals surface area (Å²) in [4.78, 5) is 11.9. The fourth-order valence-corrected chi connectivity index (χ4v) is 2.91. The molecule has 0 atom stereocenters. The van der Waals surface area contributed by atoms with Crippen LogP contribution in [0.25, 0.3) is 17.3 Å². The Hall–Kier alpha value is -2.49. The molecule has 24 heavy (non-hydrogen) atoms. The number of aryl methyl sites for hydroxylation is 2. The molecule has 1 aliphatic rings. The molecular weight excluding hydrogens is 302 g/mol. The van der Waals surface area contributed by atoms with Gasteiger partial charge in [-0.05, 0) is 37.1 Å². The van der Waals surface area contributed by atoms with E-state index in [1.165, 1.54) is 5.56 Å². The Bertz CT molecular complexity index is 744. The molecule has 1 aromatic heterocycles. The van der Waals surface area contributed by atoms with Crippen LogP contribution in [0.15, 0.2) is 31.0 Å². The van der Waals surface area contributed by atoms with Crippen LogP contribution in [0, 0.1) is 0 Å². The number of nitrogens with zero attached hydrogens (tertiary/aromatic N) is 1. The summed E-state index contributed by atoms with van der Waals surface area (Å²) >= 11 is 0. The number of hydrogen-bond donors (Lipinski definition) is 0.